The zero-order valence-electron chi connectivity index (χ0n) is 11.6. The smallest absolute Gasteiger partial charge is 0.0813 e. The summed E-state index contributed by atoms with van der Waals surface area (Å²) in [5.74, 6) is 0. The van der Waals surface area contributed by atoms with Gasteiger partial charge in [-0.15, -0.1) is 22.7 Å². The monoisotopic (exact) mass is 295 g/mol. The molecule has 0 radical (unpaired) electrons. The molecule has 0 spiro atoms. The Kier molecular flexibility index (Phi) is 6.04. The molecule has 4 heteroatoms. The first kappa shape index (κ1) is 14.7. The van der Waals surface area contributed by atoms with Gasteiger partial charge in [0.05, 0.1) is 13.2 Å². The van der Waals surface area contributed by atoms with Gasteiger partial charge >= 0.3 is 0 Å². The lowest BCUT2D eigenvalue weighted by molar-refractivity contribution is 0.109. The largest absolute Gasteiger partial charge is 0.371 e. The number of aryl methyl sites for hydroxylation is 1. The van der Waals surface area contributed by atoms with Crippen molar-refractivity contribution < 1.29 is 4.74 Å². The maximum absolute atomic E-state index is 5.78. The Hall–Kier alpha value is -0.680. The van der Waals surface area contributed by atoms with E-state index in [4.69, 9.17) is 4.74 Å². The van der Waals surface area contributed by atoms with Gasteiger partial charge in [-0.2, -0.15) is 0 Å². The van der Waals surface area contributed by atoms with Gasteiger partial charge in [0, 0.05) is 21.2 Å². The average molecular weight is 295 g/mol. The highest BCUT2D eigenvalue weighted by atomic mass is 32.1. The first-order chi connectivity index (χ1) is 9.29. The van der Waals surface area contributed by atoms with Gasteiger partial charge in [-0.25, -0.2) is 0 Å². The molecule has 0 aromatic carbocycles. The fourth-order valence-corrected chi connectivity index (χ4v) is 3.52. The molecule has 0 atom stereocenters. The lowest BCUT2D eigenvalue weighted by atomic mass is 10.2. The lowest BCUT2D eigenvalue weighted by Crippen LogP contribution is -2.12. The standard InChI is InChI=1S/C15H21NOS2/c1-3-6-16-9-15-8-13(12(2)19-15)10-17-11-14-5-4-7-18-14/h4-5,7-8,16H,3,6,9-11H2,1-2H3. The lowest BCUT2D eigenvalue weighted by Gasteiger charge is -2.01. The van der Waals surface area contributed by atoms with Gasteiger partial charge in [-0.05, 0) is 43.0 Å². The van der Waals surface area contributed by atoms with E-state index in [0.29, 0.717) is 6.61 Å². The van der Waals surface area contributed by atoms with E-state index in [-0.39, 0.29) is 0 Å². The molecule has 0 saturated carbocycles. The highest BCUT2D eigenvalue weighted by Crippen LogP contribution is 2.23. The van der Waals surface area contributed by atoms with E-state index in [9.17, 15) is 0 Å². The van der Waals surface area contributed by atoms with E-state index in [1.807, 2.05) is 11.3 Å². The van der Waals surface area contributed by atoms with Crippen molar-refractivity contribution in [3.63, 3.8) is 0 Å². The molecular weight excluding hydrogens is 274 g/mol. The summed E-state index contributed by atoms with van der Waals surface area (Å²) < 4.78 is 5.78. The highest BCUT2D eigenvalue weighted by molar-refractivity contribution is 7.12. The van der Waals surface area contributed by atoms with E-state index in [2.05, 4.69) is 42.7 Å². The van der Waals surface area contributed by atoms with Crippen LogP contribution in [0.1, 0.15) is 33.5 Å². The molecular formula is C15H21NOS2. The molecule has 2 heterocycles. The first-order valence-corrected chi connectivity index (χ1v) is 8.38. The van der Waals surface area contributed by atoms with Gasteiger partial charge in [0.1, 0.15) is 0 Å². The molecule has 1 N–H and O–H groups in total. The molecule has 2 nitrogen and oxygen atoms in total. The van der Waals surface area contributed by atoms with Gasteiger partial charge in [-0.3, -0.25) is 0 Å². The first-order valence-electron chi connectivity index (χ1n) is 6.68. The van der Waals surface area contributed by atoms with Crippen LogP contribution in [0.3, 0.4) is 0 Å². The van der Waals surface area contributed by atoms with Crippen molar-refractivity contribution in [1.82, 2.24) is 5.32 Å². The number of hydrogen-bond acceptors (Lipinski definition) is 4. The van der Waals surface area contributed by atoms with Crippen LogP contribution in [0.4, 0.5) is 0 Å². The molecule has 0 unspecified atom stereocenters. The number of hydrogen-bond donors (Lipinski definition) is 1. The van der Waals surface area contributed by atoms with E-state index >= 15 is 0 Å². The molecule has 0 bridgehead atoms. The van der Waals surface area contributed by atoms with Gasteiger partial charge in [0.15, 0.2) is 0 Å². The fourth-order valence-electron chi connectivity index (χ4n) is 1.86. The average Bonchev–Trinajstić information content (AvgIpc) is 3.01. The van der Waals surface area contributed by atoms with E-state index in [0.717, 1.165) is 19.7 Å². The molecule has 2 aromatic heterocycles. The molecule has 0 saturated heterocycles. The van der Waals surface area contributed by atoms with E-state index in [1.165, 1.54) is 26.6 Å². The summed E-state index contributed by atoms with van der Waals surface area (Å²) in [5.41, 5.74) is 1.33. The van der Waals surface area contributed by atoms with Gasteiger partial charge in [0.25, 0.3) is 0 Å². The minimum atomic E-state index is 0.716. The predicted octanol–water partition coefficient (Wildman–Crippen LogP) is 4.33. The second-order valence-corrected chi connectivity index (χ2v) is 6.92. The van der Waals surface area contributed by atoms with Gasteiger partial charge in [0.2, 0.25) is 0 Å². The summed E-state index contributed by atoms with van der Waals surface area (Å²) in [6.45, 7) is 7.87. The third-order valence-electron chi connectivity index (χ3n) is 2.88. The quantitative estimate of drug-likeness (QED) is 0.732. The van der Waals surface area contributed by atoms with Crippen molar-refractivity contribution >= 4 is 22.7 Å². The Balaban J connectivity index is 1.79. The minimum Gasteiger partial charge on any atom is -0.371 e. The number of thiophene rings is 2. The van der Waals surface area contributed by atoms with Crippen molar-refractivity contribution in [2.75, 3.05) is 6.54 Å². The number of rotatable bonds is 8. The summed E-state index contributed by atoms with van der Waals surface area (Å²) in [6, 6.07) is 6.46. The van der Waals surface area contributed by atoms with Crippen LogP contribution < -0.4 is 5.32 Å². The molecule has 0 aliphatic heterocycles. The van der Waals surface area contributed by atoms with Crippen LogP contribution in [0, 0.1) is 6.92 Å². The van der Waals surface area contributed by atoms with Gasteiger partial charge in [-0.1, -0.05) is 13.0 Å². The Morgan fingerprint density at radius 1 is 1.26 bits per heavy atom. The van der Waals surface area contributed by atoms with Crippen LogP contribution in [0.5, 0.6) is 0 Å². The highest BCUT2D eigenvalue weighted by Gasteiger charge is 2.05. The van der Waals surface area contributed by atoms with Crippen LogP contribution >= 0.6 is 22.7 Å². The normalized spacial score (nSPS) is 11.1. The summed E-state index contributed by atoms with van der Waals surface area (Å²) in [5, 5.41) is 5.53. The molecule has 0 fully saturated rings. The van der Waals surface area contributed by atoms with Crippen LogP contribution in [0.2, 0.25) is 0 Å². The minimum absolute atomic E-state index is 0.716. The molecule has 104 valence electrons. The maximum atomic E-state index is 5.78. The summed E-state index contributed by atoms with van der Waals surface area (Å²) in [6.07, 6.45) is 1.18. The topological polar surface area (TPSA) is 21.3 Å². The van der Waals surface area contributed by atoms with E-state index in [1.54, 1.807) is 11.3 Å². The van der Waals surface area contributed by atoms with Crippen molar-refractivity contribution in [3.05, 3.63) is 43.8 Å². The van der Waals surface area contributed by atoms with Crippen molar-refractivity contribution in [3.8, 4) is 0 Å². The molecule has 0 aliphatic carbocycles. The molecule has 19 heavy (non-hydrogen) atoms. The predicted molar refractivity (Wildman–Crippen MR) is 83.9 cm³/mol. The SMILES string of the molecule is CCCNCc1cc(COCc2cccs2)c(C)s1. The van der Waals surface area contributed by atoms with Crippen LogP contribution in [0.25, 0.3) is 0 Å². The van der Waals surface area contributed by atoms with Gasteiger partial charge < -0.3 is 10.1 Å². The molecule has 2 aromatic rings. The number of nitrogens with one attached hydrogen (secondary N) is 1. The fraction of sp³-hybridized carbons (Fsp3) is 0.467. The summed E-state index contributed by atoms with van der Waals surface area (Å²) in [4.78, 5) is 4.07. The van der Waals surface area contributed by atoms with Crippen molar-refractivity contribution in [2.45, 2.75) is 40.0 Å². The third-order valence-corrected chi connectivity index (χ3v) is 4.82. The second kappa shape index (κ2) is 7.80. The maximum Gasteiger partial charge on any atom is 0.0813 e. The zero-order valence-corrected chi connectivity index (χ0v) is 13.2. The Labute approximate surface area is 123 Å². The van der Waals surface area contributed by atoms with Crippen LogP contribution in [-0.4, -0.2) is 6.54 Å². The third kappa shape index (κ3) is 4.73. The number of ether oxygens (including phenoxy) is 1. The Morgan fingerprint density at radius 2 is 2.16 bits per heavy atom. The Morgan fingerprint density at radius 3 is 2.89 bits per heavy atom. The second-order valence-electron chi connectivity index (χ2n) is 4.54. The molecule has 0 aliphatic rings. The molecule has 0 amide bonds. The van der Waals surface area contributed by atoms with Crippen molar-refractivity contribution in [1.29, 1.82) is 0 Å². The Bertz CT molecular complexity index is 476. The van der Waals surface area contributed by atoms with Crippen molar-refractivity contribution in [2.24, 2.45) is 0 Å². The summed E-state index contributed by atoms with van der Waals surface area (Å²) in [7, 11) is 0. The van der Waals surface area contributed by atoms with E-state index < -0.39 is 0 Å². The van der Waals surface area contributed by atoms with Crippen LogP contribution in [-0.2, 0) is 24.5 Å². The summed E-state index contributed by atoms with van der Waals surface area (Å²) >= 11 is 3.62. The zero-order chi connectivity index (χ0) is 13.5. The van der Waals surface area contributed by atoms with Crippen LogP contribution in [0.15, 0.2) is 23.6 Å². The molecule has 2 rings (SSSR count).